The zero-order valence-electron chi connectivity index (χ0n) is 17.1. The van der Waals surface area contributed by atoms with Crippen LogP contribution in [-0.4, -0.2) is 47.7 Å². The van der Waals surface area contributed by atoms with E-state index in [1.54, 1.807) is 6.07 Å². The van der Waals surface area contributed by atoms with E-state index in [9.17, 15) is 45.7 Å². The van der Waals surface area contributed by atoms with Crippen molar-refractivity contribution in [1.82, 2.24) is 0 Å². The predicted octanol–water partition coefficient (Wildman–Crippen LogP) is -0.837. The molecule has 4 N–H and O–H groups in total. The summed E-state index contributed by atoms with van der Waals surface area (Å²) in [6.07, 6.45) is 0. The molecule has 0 bridgehead atoms. The Kier molecular flexibility index (Phi) is 7.11. The van der Waals surface area contributed by atoms with Crippen LogP contribution in [-0.2, 0) is 20.2 Å². The molecule has 0 aliphatic heterocycles. The monoisotopic (exact) mass is 531 g/mol. The number of phenolic OH excluding ortho intramolecular Hbond substituents is 2. The van der Waals surface area contributed by atoms with Crippen LogP contribution in [0.5, 0.6) is 23.0 Å². The summed E-state index contributed by atoms with van der Waals surface area (Å²) >= 11 is 0. The van der Waals surface area contributed by atoms with Crippen molar-refractivity contribution in [2.75, 3.05) is 0 Å². The number of ketones is 2. The van der Waals surface area contributed by atoms with Gasteiger partial charge in [-0.2, -0.15) is 16.8 Å². The van der Waals surface area contributed by atoms with Gasteiger partial charge in [-0.25, -0.2) is 0 Å². The molecule has 34 heavy (non-hydrogen) atoms. The van der Waals surface area contributed by atoms with Crippen LogP contribution in [0.2, 0.25) is 0 Å². The topological polar surface area (TPSA) is 193 Å². The van der Waals surface area contributed by atoms with Gasteiger partial charge in [-0.3, -0.25) is 18.7 Å². The van der Waals surface area contributed by atoms with Crippen LogP contribution in [0.4, 0.5) is 0 Å². The van der Waals surface area contributed by atoms with Gasteiger partial charge < -0.3 is 14.9 Å². The number of para-hydroxylation sites is 1. The van der Waals surface area contributed by atoms with Gasteiger partial charge in [-0.05, 0) is 30.3 Å². The molecule has 0 amide bonds. The predicted molar refractivity (Wildman–Crippen MR) is 109 cm³/mol. The summed E-state index contributed by atoms with van der Waals surface area (Å²) in [7, 11) is -11.1. The Morgan fingerprint density at radius 2 is 1.18 bits per heavy atom. The first-order valence-corrected chi connectivity index (χ1v) is 11.7. The first kappa shape index (κ1) is 26.5. The smallest absolute Gasteiger partial charge is 0.507 e. The van der Waals surface area contributed by atoms with Crippen molar-refractivity contribution < 1.29 is 102 Å². The molecule has 0 aromatic heterocycles. The molecule has 4 rings (SSSR count). The first-order chi connectivity index (χ1) is 15.3. The second-order valence-corrected chi connectivity index (χ2v) is 9.55. The first-order valence-electron chi connectivity index (χ1n) is 8.85. The molecule has 14 heteroatoms. The molecule has 0 radical (unpaired) electrons. The zero-order valence-corrected chi connectivity index (χ0v) is 21.8. The molecule has 0 fully saturated rings. The molecular formula is C20H12KO11S2+. The van der Waals surface area contributed by atoms with Gasteiger partial charge in [0.25, 0.3) is 20.2 Å². The van der Waals surface area contributed by atoms with Crippen LogP contribution < -0.4 is 56.1 Å². The van der Waals surface area contributed by atoms with Gasteiger partial charge in [0.1, 0.15) is 22.1 Å². The van der Waals surface area contributed by atoms with Crippen molar-refractivity contribution in [2.24, 2.45) is 0 Å². The number of hydrogen-bond acceptors (Lipinski definition) is 9. The van der Waals surface area contributed by atoms with E-state index in [1.165, 1.54) is 24.3 Å². The van der Waals surface area contributed by atoms with E-state index in [0.29, 0.717) is 6.07 Å². The quantitative estimate of drug-likeness (QED) is 0.146. The summed E-state index contributed by atoms with van der Waals surface area (Å²) in [6.45, 7) is 0. The molecule has 0 saturated carbocycles. The molecule has 0 heterocycles. The molecule has 3 aromatic carbocycles. The van der Waals surface area contributed by atoms with Gasteiger partial charge in [0.2, 0.25) is 0 Å². The minimum Gasteiger partial charge on any atom is -0.507 e. The molecule has 170 valence electrons. The molecular weight excluding hydrogens is 519 g/mol. The van der Waals surface area contributed by atoms with Gasteiger partial charge in [0.05, 0.1) is 16.7 Å². The second kappa shape index (κ2) is 9.14. The fourth-order valence-electron chi connectivity index (χ4n) is 3.50. The summed E-state index contributed by atoms with van der Waals surface area (Å²) in [5, 5.41) is 20.2. The van der Waals surface area contributed by atoms with E-state index in [1.807, 2.05) is 0 Å². The summed E-state index contributed by atoms with van der Waals surface area (Å²) in [5.74, 6) is -5.02. The Hall–Kier alpha value is -2.14. The van der Waals surface area contributed by atoms with Crippen LogP contribution in [0.25, 0.3) is 0 Å². The Morgan fingerprint density at radius 3 is 1.68 bits per heavy atom. The number of benzene rings is 3. The van der Waals surface area contributed by atoms with Crippen LogP contribution in [0, 0.1) is 0 Å². The average Bonchev–Trinajstić information content (AvgIpc) is 2.72. The van der Waals surface area contributed by atoms with Gasteiger partial charge in [0, 0.05) is 5.56 Å². The molecule has 0 spiro atoms. The van der Waals surface area contributed by atoms with Crippen molar-refractivity contribution in [3.63, 3.8) is 0 Å². The maximum absolute atomic E-state index is 13.1. The van der Waals surface area contributed by atoms with Crippen LogP contribution >= 0.6 is 0 Å². The van der Waals surface area contributed by atoms with Crippen molar-refractivity contribution in [3.05, 3.63) is 70.8 Å². The number of phenols is 2. The third-order valence-corrected chi connectivity index (χ3v) is 6.75. The fourth-order valence-corrected chi connectivity index (χ4v) is 5.62. The molecule has 11 nitrogen and oxygen atoms in total. The SMILES string of the molecule is O=C1c2cc(Oc3ccccc3)c(S(=O)(=O)O)c(S(=O)(=O)O)c2C(=O)c2c(O)ccc(O)c21.[K+]. The Bertz CT molecular complexity index is 1580. The summed E-state index contributed by atoms with van der Waals surface area (Å²) in [5.41, 5.74) is -3.35. The minimum atomic E-state index is -5.59. The van der Waals surface area contributed by atoms with E-state index in [4.69, 9.17) is 4.74 Å². The molecule has 3 aromatic rings. The Labute approximate surface area is 234 Å². The van der Waals surface area contributed by atoms with Crippen molar-refractivity contribution in [1.29, 1.82) is 0 Å². The average molecular weight is 532 g/mol. The van der Waals surface area contributed by atoms with Gasteiger partial charge in [-0.15, -0.1) is 0 Å². The number of hydrogen-bond donors (Lipinski definition) is 4. The number of carbonyl (C=O) groups is 2. The maximum atomic E-state index is 13.1. The molecule has 0 atom stereocenters. The third-order valence-electron chi connectivity index (χ3n) is 4.78. The van der Waals surface area contributed by atoms with Crippen LogP contribution in [0.15, 0.2) is 58.3 Å². The zero-order chi connectivity index (χ0) is 24.3. The third kappa shape index (κ3) is 4.44. The largest absolute Gasteiger partial charge is 1.00 e. The Balaban J connectivity index is 0.00000324. The number of aromatic hydroxyl groups is 2. The summed E-state index contributed by atoms with van der Waals surface area (Å²) < 4.78 is 73.8. The fraction of sp³-hybridized carbons (Fsp3) is 0. The van der Waals surface area contributed by atoms with E-state index in [-0.39, 0.29) is 57.1 Å². The molecule has 0 unspecified atom stereocenters. The summed E-state index contributed by atoms with van der Waals surface area (Å²) in [4.78, 5) is 23.1. The number of rotatable bonds is 4. The van der Waals surface area contributed by atoms with Crippen LogP contribution in [0.1, 0.15) is 31.8 Å². The van der Waals surface area contributed by atoms with Gasteiger partial charge in [0.15, 0.2) is 22.2 Å². The molecule has 1 aliphatic rings. The van der Waals surface area contributed by atoms with Crippen molar-refractivity contribution in [2.45, 2.75) is 9.79 Å². The van der Waals surface area contributed by atoms with E-state index in [0.717, 1.165) is 12.1 Å². The minimum absolute atomic E-state index is 0. The summed E-state index contributed by atoms with van der Waals surface area (Å²) in [6, 6.07) is 9.69. The number of carbonyl (C=O) groups excluding carboxylic acids is 2. The van der Waals surface area contributed by atoms with Gasteiger partial charge >= 0.3 is 51.4 Å². The van der Waals surface area contributed by atoms with Crippen LogP contribution in [0.3, 0.4) is 0 Å². The van der Waals surface area contributed by atoms with E-state index in [2.05, 4.69) is 0 Å². The molecule has 1 aliphatic carbocycles. The number of ether oxygens (including phenoxy) is 1. The van der Waals surface area contributed by atoms with E-state index >= 15 is 0 Å². The van der Waals surface area contributed by atoms with Crippen molar-refractivity contribution in [3.8, 4) is 23.0 Å². The molecule has 0 saturated heterocycles. The van der Waals surface area contributed by atoms with Gasteiger partial charge in [-0.1, -0.05) is 18.2 Å². The standard InChI is InChI=1S/C20H12O11S2.K/c21-11-6-7-12(22)16-15(11)17(23)10-8-13(31-9-4-2-1-3-5-9)19(32(25,26)27)20(33(28,29)30)14(10)18(16)24;/h1-8,21-22H,(H,25,26,27)(H,28,29,30);/q;+1. The van der Waals surface area contributed by atoms with E-state index < -0.39 is 81.1 Å². The maximum Gasteiger partial charge on any atom is 1.00 e. The number of fused-ring (bicyclic) bond motifs is 2. The van der Waals surface area contributed by atoms with Crippen molar-refractivity contribution >= 4 is 31.8 Å². The normalized spacial score (nSPS) is 13.0. The second-order valence-electron chi connectivity index (χ2n) is 6.83. The Morgan fingerprint density at radius 1 is 0.676 bits per heavy atom.